The molecule has 0 aromatic carbocycles. The van der Waals surface area contributed by atoms with E-state index >= 15 is 0 Å². The van der Waals surface area contributed by atoms with Gasteiger partial charge in [0.05, 0.1) is 0 Å². The fourth-order valence-corrected chi connectivity index (χ4v) is 0.664. The van der Waals surface area contributed by atoms with E-state index in [1.165, 1.54) is 4.57 Å². The summed E-state index contributed by atoms with van der Waals surface area (Å²) in [5.74, 6) is -2.76. The van der Waals surface area contributed by atoms with Gasteiger partial charge in [-0.15, -0.1) is 0 Å². The van der Waals surface area contributed by atoms with Crippen LogP contribution in [-0.4, -0.2) is 33.3 Å². The Morgan fingerprint density at radius 2 is 2.06 bits per heavy atom. The van der Waals surface area contributed by atoms with Gasteiger partial charge in [0, 0.05) is 25.5 Å². The van der Waals surface area contributed by atoms with Crippen LogP contribution in [0.1, 0.15) is 0 Å². The first-order valence-corrected chi connectivity index (χ1v) is 4.03. The summed E-state index contributed by atoms with van der Waals surface area (Å²) < 4.78 is 33.3. The number of nitrogens with one attached hydrogen (secondary N) is 1. The number of aromatic amines is 1. The number of hydrogen-bond acceptors (Lipinski definition) is 3. The fraction of sp³-hybridized carbons (Fsp3) is 0.429. The Labute approximate surface area is 87.5 Å². The molecule has 92 valence electrons. The number of carboxylic acid groups (broad SMARTS) is 1. The van der Waals surface area contributed by atoms with Crippen LogP contribution in [0.5, 0.6) is 0 Å². The predicted octanol–water partition coefficient (Wildman–Crippen LogP) is -0.232. The van der Waals surface area contributed by atoms with Gasteiger partial charge >= 0.3 is 17.8 Å². The standard InChI is InChI=1S/C5H9N3O.C2HF3O2/c6-1-3-8-4-2-7-5(8)9;3-2(4,5)1(6)7/h2,4H,1,3,6H2,(H,7,9);(H,6,7). The molecule has 1 heterocycles. The maximum atomic E-state index is 10.7. The molecule has 1 aromatic rings. The van der Waals surface area contributed by atoms with Crippen LogP contribution in [0.2, 0.25) is 0 Å². The lowest BCUT2D eigenvalue weighted by Gasteiger charge is -1.93. The summed E-state index contributed by atoms with van der Waals surface area (Å²) in [6.07, 6.45) is -1.81. The number of carbonyl (C=O) groups is 1. The van der Waals surface area contributed by atoms with Gasteiger partial charge in [0.25, 0.3) is 0 Å². The van der Waals surface area contributed by atoms with Gasteiger partial charge in [-0.2, -0.15) is 13.2 Å². The average Bonchev–Trinajstić information content (AvgIpc) is 2.52. The lowest BCUT2D eigenvalue weighted by Crippen LogP contribution is -2.21. The zero-order chi connectivity index (χ0) is 12.8. The Hall–Kier alpha value is -1.77. The molecule has 0 spiro atoms. The van der Waals surface area contributed by atoms with Crippen LogP contribution >= 0.6 is 0 Å². The van der Waals surface area contributed by atoms with E-state index in [0.717, 1.165) is 0 Å². The number of nitrogens with zero attached hydrogens (tertiary/aromatic N) is 1. The third-order valence-electron chi connectivity index (χ3n) is 1.33. The lowest BCUT2D eigenvalue weighted by atomic mass is 10.6. The van der Waals surface area contributed by atoms with Gasteiger partial charge < -0.3 is 15.8 Å². The summed E-state index contributed by atoms with van der Waals surface area (Å²) in [6, 6.07) is 0. The molecule has 0 atom stereocenters. The summed E-state index contributed by atoms with van der Waals surface area (Å²) in [5.41, 5.74) is 5.12. The fourth-order valence-electron chi connectivity index (χ4n) is 0.664. The van der Waals surface area contributed by atoms with Gasteiger partial charge in [-0.25, -0.2) is 9.59 Å². The van der Waals surface area contributed by atoms with Crippen molar-refractivity contribution in [3.63, 3.8) is 0 Å². The molecule has 0 aliphatic carbocycles. The van der Waals surface area contributed by atoms with E-state index in [-0.39, 0.29) is 5.69 Å². The number of alkyl halides is 3. The van der Waals surface area contributed by atoms with E-state index in [1.54, 1.807) is 12.4 Å². The highest BCUT2D eigenvalue weighted by atomic mass is 19.4. The molecule has 16 heavy (non-hydrogen) atoms. The molecule has 0 amide bonds. The van der Waals surface area contributed by atoms with E-state index < -0.39 is 12.1 Å². The highest BCUT2D eigenvalue weighted by Gasteiger charge is 2.38. The van der Waals surface area contributed by atoms with Crippen molar-refractivity contribution in [3.05, 3.63) is 22.9 Å². The summed E-state index contributed by atoms with van der Waals surface area (Å²) in [6.45, 7) is 1.08. The van der Waals surface area contributed by atoms with Crippen molar-refractivity contribution in [2.75, 3.05) is 6.54 Å². The molecule has 0 radical (unpaired) electrons. The molecule has 9 heteroatoms. The Morgan fingerprint density at radius 3 is 2.31 bits per heavy atom. The second kappa shape index (κ2) is 5.95. The molecule has 1 aromatic heterocycles. The van der Waals surface area contributed by atoms with E-state index in [9.17, 15) is 18.0 Å². The molecule has 0 saturated heterocycles. The van der Waals surface area contributed by atoms with Crippen LogP contribution in [0.3, 0.4) is 0 Å². The van der Waals surface area contributed by atoms with Crippen LogP contribution in [0, 0.1) is 0 Å². The summed E-state index contributed by atoms with van der Waals surface area (Å²) >= 11 is 0. The quantitative estimate of drug-likeness (QED) is 0.665. The van der Waals surface area contributed by atoms with Crippen molar-refractivity contribution in [3.8, 4) is 0 Å². The summed E-state index contributed by atoms with van der Waals surface area (Å²) in [4.78, 5) is 22.1. The number of carboxylic acids is 1. The van der Waals surface area contributed by atoms with E-state index in [4.69, 9.17) is 15.6 Å². The number of nitrogens with two attached hydrogens (primary N) is 1. The van der Waals surface area contributed by atoms with Crippen molar-refractivity contribution in [2.24, 2.45) is 5.73 Å². The second-order valence-electron chi connectivity index (χ2n) is 2.55. The van der Waals surface area contributed by atoms with Gasteiger partial charge in [0.2, 0.25) is 0 Å². The molecule has 0 aliphatic rings. The first-order chi connectivity index (χ1) is 7.29. The van der Waals surface area contributed by atoms with Crippen molar-refractivity contribution in [2.45, 2.75) is 12.7 Å². The number of rotatable bonds is 2. The first-order valence-electron chi connectivity index (χ1n) is 4.03. The minimum atomic E-state index is -5.08. The maximum Gasteiger partial charge on any atom is 0.490 e. The number of halogens is 3. The molecule has 0 aliphatic heterocycles. The molecular formula is C7H10F3N3O3. The summed E-state index contributed by atoms with van der Waals surface area (Å²) in [5, 5.41) is 7.12. The van der Waals surface area contributed by atoms with Crippen molar-refractivity contribution < 1.29 is 23.1 Å². The minimum Gasteiger partial charge on any atom is -0.475 e. The summed E-state index contributed by atoms with van der Waals surface area (Å²) in [7, 11) is 0. The SMILES string of the molecule is NCCn1cc[nH]c1=O.O=C(O)C(F)(F)F. The molecule has 1 rings (SSSR count). The topological polar surface area (TPSA) is 101 Å². The van der Waals surface area contributed by atoms with Crippen molar-refractivity contribution >= 4 is 5.97 Å². The van der Waals surface area contributed by atoms with Crippen LogP contribution < -0.4 is 11.4 Å². The Kier molecular flexibility index (Phi) is 5.30. The van der Waals surface area contributed by atoms with Gasteiger partial charge in [0.1, 0.15) is 0 Å². The number of aliphatic carboxylic acids is 1. The van der Waals surface area contributed by atoms with Crippen molar-refractivity contribution in [1.82, 2.24) is 9.55 Å². The zero-order valence-electron chi connectivity index (χ0n) is 7.99. The van der Waals surface area contributed by atoms with E-state index in [0.29, 0.717) is 13.1 Å². The molecular weight excluding hydrogens is 231 g/mol. The highest BCUT2D eigenvalue weighted by Crippen LogP contribution is 2.13. The van der Waals surface area contributed by atoms with Gasteiger partial charge in [-0.05, 0) is 0 Å². The predicted molar refractivity (Wildman–Crippen MR) is 47.8 cm³/mol. The van der Waals surface area contributed by atoms with Gasteiger partial charge in [0.15, 0.2) is 0 Å². The second-order valence-corrected chi connectivity index (χ2v) is 2.55. The molecule has 4 N–H and O–H groups in total. The maximum absolute atomic E-state index is 10.7. The van der Waals surface area contributed by atoms with Gasteiger partial charge in [-0.3, -0.25) is 4.57 Å². The average molecular weight is 241 g/mol. The van der Waals surface area contributed by atoms with Crippen molar-refractivity contribution in [1.29, 1.82) is 0 Å². The number of aromatic nitrogens is 2. The Morgan fingerprint density at radius 1 is 1.56 bits per heavy atom. The highest BCUT2D eigenvalue weighted by molar-refractivity contribution is 5.73. The van der Waals surface area contributed by atoms with E-state index in [2.05, 4.69) is 4.98 Å². The lowest BCUT2D eigenvalue weighted by molar-refractivity contribution is -0.192. The number of hydrogen-bond donors (Lipinski definition) is 3. The van der Waals surface area contributed by atoms with Crippen LogP contribution in [-0.2, 0) is 11.3 Å². The van der Waals surface area contributed by atoms with Crippen LogP contribution in [0.4, 0.5) is 13.2 Å². The minimum absolute atomic E-state index is 0.0968. The number of imidazole rings is 1. The molecule has 0 unspecified atom stereocenters. The Balaban J connectivity index is 0.000000293. The first kappa shape index (κ1) is 14.2. The molecule has 0 bridgehead atoms. The molecule has 6 nitrogen and oxygen atoms in total. The smallest absolute Gasteiger partial charge is 0.475 e. The van der Waals surface area contributed by atoms with Crippen LogP contribution in [0.15, 0.2) is 17.2 Å². The largest absolute Gasteiger partial charge is 0.490 e. The number of H-pyrrole nitrogens is 1. The Bertz CT molecular complexity index is 382. The van der Waals surface area contributed by atoms with Crippen LogP contribution in [0.25, 0.3) is 0 Å². The van der Waals surface area contributed by atoms with E-state index in [1.807, 2.05) is 0 Å². The molecule has 0 fully saturated rings. The third kappa shape index (κ3) is 5.20. The monoisotopic (exact) mass is 241 g/mol. The van der Waals surface area contributed by atoms with Gasteiger partial charge in [-0.1, -0.05) is 0 Å². The normalized spacial score (nSPS) is 10.5. The zero-order valence-corrected chi connectivity index (χ0v) is 7.99. The third-order valence-corrected chi connectivity index (χ3v) is 1.33. The molecule has 0 saturated carbocycles.